The van der Waals surface area contributed by atoms with Gasteiger partial charge in [-0.05, 0) is 6.92 Å². The summed E-state index contributed by atoms with van der Waals surface area (Å²) >= 11 is 1.90. The van der Waals surface area contributed by atoms with Gasteiger partial charge in [0.15, 0.2) is 0 Å². The number of rotatable bonds is 2. The molecule has 72 valence electrons. The van der Waals surface area contributed by atoms with E-state index >= 15 is 0 Å². The second-order valence-electron chi connectivity index (χ2n) is 2.20. The fraction of sp³-hybridized carbons (Fsp3) is 0.400. The molecule has 8 heteroatoms. The third kappa shape index (κ3) is 2.72. The predicted octanol–water partition coefficient (Wildman–Crippen LogP) is 1.04. The van der Waals surface area contributed by atoms with Crippen molar-refractivity contribution in [2.75, 3.05) is 5.32 Å². The number of H-pyrrole nitrogens is 1. The van der Waals surface area contributed by atoms with Crippen molar-refractivity contribution in [1.29, 1.82) is 0 Å². The minimum absolute atomic E-state index is 0.179. The quantitative estimate of drug-likeness (QED) is 0.775. The number of carbonyl (C=O) groups excluding carboxylic acids is 1. The van der Waals surface area contributed by atoms with Crippen molar-refractivity contribution < 1.29 is 13.6 Å². The molecular weight excluding hydrogens is 250 g/mol. The lowest BCUT2D eigenvalue weighted by Crippen LogP contribution is -2.28. The summed E-state index contributed by atoms with van der Waals surface area (Å²) in [6, 6.07) is 0. The van der Waals surface area contributed by atoms with Gasteiger partial charge in [-0.25, -0.2) is 0 Å². The van der Waals surface area contributed by atoms with Crippen molar-refractivity contribution in [2.24, 2.45) is 0 Å². The van der Waals surface area contributed by atoms with Crippen molar-refractivity contribution in [3.8, 4) is 0 Å². The Hall–Kier alpha value is -1.05. The molecular formula is C5H5BrF2N4O. The molecule has 0 fully saturated rings. The molecule has 0 aliphatic rings. The SMILES string of the molecule is Cc1nc(NC(=O)C(F)(F)Br)n[nH]1. The minimum Gasteiger partial charge on any atom is -0.287 e. The standard InChI is InChI=1S/C5H5BrF2N4O/c1-2-9-4(12-11-2)10-3(13)5(6,7)8/h1H3,(H2,9,10,11,12,13). The number of hydrogen-bond donors (Lipinski definition) is 2. The molecule has 1 aromatic rings. The number of aryl methyl sites for hydroxylation is 1. The monoisotopic (exact) mass is 254 g/mol. The van der Waals surface area contributed by atoms with E-state index < -0.39 is 10.7 Å². The highest BCUT2D eigenvalue weighted by Crippen LogP contribution is 2.22. The van der Waals surface area contributed by atoms with Crippen LogP contribution in [0.15, 0.2) is 0 Å². The average molecular weight is 255 g/mol. The maximum absolute atomic E-state index is 12.2. The molecule has 0 spiro atoms. The normalized spacial score (nSPS) is 11.4. The molecule has 0 bridgehead atoms. The number of alkyl halides is 3. The van der Waals surface area contributed by atoms with Crippen molar-refractivity contribution in [1.82, 2.24) is 15.2 Å². The van der Waals surface area contributed by atoms with Crippen LogP contribution in [-0.2, 0) is 4.79 Å². The van der Waals surface area contributed by atoms with Gasteiger partial charge in [0.1, 0.15) is 5.82 Å². The molecule has 0 radical (unpaired) electrons. The molecule has 0 saturated carbocycles. The molecule has 13 heavy (non-hydrogen) atoms. The van der Waals surface area contributed by atoms with E-state index in [1.165, 1.54) is 0 Å². The van der Waals surface area contributed by atoms with Crippen LogP contribution in [0.4, 0.5) is 14.7 Å². The van der Waals surface area contributed by atoms with Gasteiger partial charge >= 0.3 is 10.7 Å². The molecule has 0 atom stereocenters. The molecule has 1 aromatic heterocycles. The van der Waals surface area contributed by atoms with Gasteiger partial charge in [-0.15, -0.1) is 5.10 Å². The molecule has 0 aliphatic carbocycles. The highest BCUT2D eigenvalue weighted by atomic mass is 79.9. The fourth-order valence-electron chi connectivity index (χ4n) is 0.571. The number of amides is 1. The molecule has 0 unspecified atom stereocenters. The van der Waals surface area contributed by atoms with E-state index in [0.29, 0.717) is 5.82 Å². The van der Waals surface area contributed by atoms with Crippen molar-refractivity contribution in [3.63, 3.8) is 0 Å². The van der Waals surface area contributed by atoms with E-state index in [2.05, 4.69) is 15.2 Å². The van der Waals surface area contributed by atoms with Crippen molar-refractivity contribution in [2.45, 2.75) is 11.8 Å². The summed E-state index contributed by atoms with van der Waals surface area (Å²) in [7, 11) is 0. The van der Waals surface area contributed by atoms with Gasteiger partial charge in [-0.1, -0.05) is 0 Å². The Labute approximate surface area is 80.1 Å². The van der Waals surface area contributed by atoms with Gasteiger partial charge in [0.05, 0.1) is 0 Å². The number of aromatic amines is 1. The Morgan fingerprint density at radius 3 is 2.69 bits per heavy atom. The van der Waals surface area contributed by atoms with Crippen LogP contribution in [0, 0.1) is 6.92 Å². The lowest BCUT2D eigenvalue weighted by atomic mass is 10.6. The number of nitrogens with one attached hydrogen (secondary N) is 2. The highest BCUT2D eigenvalue weighted by Gasteiger charge is 2.35. The number of nitrogens with zero attached hydrogens (tertiary/aromatic N) is 2. The summed E-state index contributed by atoms with van der Waals surface area (Å²) in [4.78, 5) is 10.6. The van der Waals surface area contributed by atoms with Crippen LogP contribution >= 0.6 is 15.9 Å². The first-order valence-electron chi connectivity index (χ1n) is 3.17. The Balaban J connectivity index is 2.65. The molecule has 1 heterocycles. The van der Waals surface area contributed by atoms with E-state index in [9.17, 15) is 13.6 Å². The predicted molar refractivity (Wildman–Crippen MR) is 43.6 cm³/mol. The summed E-state index contributed by atoms with van der Waals surface area (Å²) in [5.41, 5.74) is 0. The summed E-state index contributed by atoms with van der Waals surface area (Å²) in [5, 5.41) is 7.65. The fourth-order valence-corrected chi connectivity index (χ4v) is 0.670. The zero-order chi connectivity index (χ0) is 10.1. The number of halogens is 3. The number of carbonyl (C=O) groups is 1. The Morgan fingerprint density at radius 2 is 2.31 bits per heavy atom. The summed E-state index contributed by atoms with van der Waals surface area (Å²) in [5.74, 6) is -1.26. The zero-order valence-electron chi connectivity index (χ0n) is 6.44. The van der Waals surface area contributed by atoms with Crippen LogP contribution in [0.5, 0.6) is 0 Å². The number of aromatic nitrogens is 3. The van der Waals surface area contributed by atoms with E-state index in [0.717, 1.165) is 0 Å². The van der Waals surface area contributed by atoms with Crippen molar-refractivity contribution >= 4 is 27.8 Å². The first kappa shape index (κ1) is 10.0. The summed E-state index contributed by atoms with van der Waals surface area (Å²) in [6.07, 6.45) is 0. The van der Waals surface area contributed by atoms with Gasteiger partial charge in [-0.2, -0.15) is 13.8 Å². The largest absolute Gasteiger partial charge is 0.378 e. The second-order valence-corrected chi connectivity index (χ2v) is 3.19. The minimum atomic E-state index is -3.61. The molecule has 5 nitrogen and oxygen atoms in total. The molecule has 1 amide bonds. The van der Waals surface area contributed by atoms with E-state index in [-0.39, 0.29) is 5.95 Å². The highest BCUT2D eigenvalue weighted by molar-refractivity contribution is 9.10. The Bertz CT molecular complexity index is 321. The van der Waals surface area contributed by atoms with Crippen LogP contribution in [0.1, 0.15) is 5.82 Å². The molecule has 1 rings (SSSR count). The maximum atomic E-state index is 12.2. The summed E-state index contributed by atoms with van der Waals surface area (Å²) in [6.45, 7) is 1.58. The van der Waals surface area contributed by atoms with Crippen LogP contribution in [0.3, 0.4) is 0 Å². The maximum Gasteiger partial charge on any atom is 0.378 e. The first-order valence-corrected chi connectivity index (χ1v) is 3.96. The van der Waals surface area contributed by atoms with Crippen LogP contribution < -0.4 is 5.32 Å². The second kappa shape index (κ2) is 3.36. The Morgan fingerprint density at radius 1 is 1.69 bits per heavy atom. The third-order valence-corrected chi connectivity index (χ3v) is 1.44. The Kier molecular flexibility index (Phi) is 2.60. The topological polar surface area (TPSA) is 70.7 Å². The average Bonchev–Trinajstić information content (AvgIpc) is 2.33. The van der Waals surface area contributed by atoms with Gasteiger partial charge in [0.2, 0.25) is 5.95 Å². The van der Waals surface area contributed by atoms with E-state index in [1.54, 1.807) is 6.92 Å². The van der Waals surface area contributed by atoms with Crippen LogP contribution in [0.2, 0.25) is 0 Å². The molecule has 0 aromatic carbocycles. The smallest absolute Gasteiger partial charge is 0.287 e. The first-order chi connectivity index (χ1) is 5.89. The van der Waals surface area contributed by atoms with Gasteiger partial charge in [0.25, 0.3) is 0 Å². The molecule has 0 aliphatic heterocycles. The summed E-state index contributed by atoms with van der Waals surface area (Å²) < 4.78 is 24.5. The van der Waals surface area contributed by atoms with E-state index in [1.807, 2.05) is 21.2 Å². The molecule has 0 saturated heterocycles. The lowest BCUT2D eigenvalue weighted by Gasteiger charge is -2.05. The zero-order valence-corrected chi connectivity index (χ0v) is 8.02. The van der Waals surface area contributed by atoms with Crippen LogP contribution in [0.25, 0.3) is 0 Å². The van der Waals surface area contributed by atoms with Gasteiger partial charge in [-0.3, -0.25) is 15.2 Å². The number of anilines is 1. The lowest BCUT2D eigenvalue weighted by molar-refractivity contribution is -0.128. The molecule has 2 N–H and O–H groups in total. The number of hydrogen-bond acceptors (Lipinski definition) is 3. The van der Waals surface area contributed by atoms with Gasteiger partial charge in [0, 0.05) is 15.9 Å². The third-order valence-electron chi connectivity index (χ3n) is 1.08. The van der Waals surface area contributed by atoms with Gasteiger partial charge < -0.3 is 0 Å². The van der Waals surface area contributed by atoms with E-state index in [4.69, 9.17) is 0 Å². The van der Waals surface area contributed by atoms with Crippen LogP contribution in [-0.4, -0.2) is 25.9 Å². The van der Waals surface area contributed by atoms with Crippen molar-refractivity contribution in [3.05, 3.63) is 5.82 Å².